The van der Waals surface area contributed by atoms with E-state index in [0.717, 1.165) is 25.8 Å². The number of nitrogens with zero attached hydrogens (tertiary/aromatic N) is 1. The molecule has 0 unspecified atom stereocenters. The van der Waals surface area contributed by atoms with Crippen LogP contribution in [-0.4, -0.2) is 30.2 Å². The van der Waals surface area contributed by atoms with E-state index in [9.17, 15) is 14.9 Å². The Hall–Kier alpha value is -2.35. The Bertz CT molecular complexity index is 583. The van der Waals surface area contributed by atoms with E-state index < -0.39 is 4.92 Å². The third-order valence-electron chi connectivity index (χ3n) is 3.57. The van der Waals surface area contributed by atoms with E-state index in [-0.39, 0.29) is 30.1 Å². The SMILES string of the molecule is O=C(Nc1cc2c(cc1[N+](=O)[O-])OCO2)[C@H]1CCCCN1. The van der Waals surface area contributed by atoms with Crippen LogP contribution in [0.2, 0.25) is 0 Å². The molecule has 3 rings (SSSR count). The normalized spacial score (nSPS) is 20.1. The summed E-state index contributed by atoms with van der Waals surface area (Å²) in [7, 11) is 0. The van der Waals surface area contributed by atoms with Gasteiger partial charge in [0.1, 0.15) is 5.69 Å². The van der Waals surface area contributed by atoms with E-state index in [4.69, 9.17) is 9.47 Å². The van der Waals surface area contributed by atoms with Gasteiger partial charge in [-0.1, -0.05) is 6.42 Å². The molecule has 1 aromatic rings. The summed E-state index contributed by atoms with van der Waals surface area (Å²) in [6, 6.07) is 2.39. The molecule has 112 valence electrons. The summed E-state index contributed by atoms with van der Waals surface area (Å²) in [6.07, 6.45) is 2.73. The molecule has 2 N–H and O–H groups in total. The van der Waals surface area contributed by atoms with Crippen molar-refractivity contribution in [3.63, 3.8) is 0 Å². The van der Waals surface area contributed by atoms with Gasteiger partial charge in [-0.25, -0.2) is 0 Å². The monoisotopic (exact) mass is 293 g/mol. The maximum Gasteiger partial charge on any atom is 0.296 e. The minimum Gasteiger partial charge on any atom is -0.454 e. The molecule has 2 aliphatic heterocycles. The molecular weight excluding hydrogens is 278 g/mol. The molecule has 0 saturated carbocycles. The molecule has 8 heteroatoms. The maximum absolute atomic E-state index is 12.2. The molecular formula is C13H15N3O5. The number of hydrogen-bond donors (Lipinski definition) is 2. The Morgan fingerprint density at radius 3 is 2.76 bits per heavy atom. The number of anilines is 1. The number of piperidine rings is 1. The Balaban J connectivity index is 1.83. The van der Waals surface area contributed by atoms with Gasteiger partial charge < -0.3 is 20.1 Å². The van der Waals surface area contributed by atoms with E-state index in [2.05, 4.69) is 10.6 Å². The van der Waals surface area contributed by atoms with Crippen molar-refractivity contribution >= 4 is 17.3 Å². The predicted molar refractivity (Wildman–Crippen MR) is 73.5 cm³/mol. The van der Waals surface area contributed by atoms with Crippen molar-refractivity contribution in [1.29, 1.82) is 0 Å². The van der Waals surface area contributed by atoms with E-state index in [1.807, 2.05) is 0 Å². The summed E-state index contributed by atoms with van der Waals surface area (Å²) in [6.45, 7) is 0.801. The number of hydrogen-bond acceptors (Lipinski definition) is 6. The smallest absolute Gasteiger partial charge is 0.296 e. The van der Waals surface area contributed by atoms with Gasteiger partial charge >= 0.3 is 0 Å². The summed E-state index contributed by atoms with van der Waals surface area (Å²) in [5.74, 6) is 0.444. The van der Waals surface area contributed by atoms with Crippen molar-refractivity contribution < 1.29 is 19.2 Å². The highest BCUT2D eigenvalue weighted by Crippen LogP contribution is 2.40. The van der Waals surface area contributed by atoms with Crippen molar-refractivity contribution in [2.45, 2.75) is 25.3 Å². The van der Waals surface area contributed by atoms with Crippen molar-refractivity contribution in [2.24, 2.45) is 0 Å². The first-order valence-electron chi connectivity index (χ1n) is 6.77. The number of nitro benzene ring substituents is 1. The fourth-order valence-electron chi connectivity index (χ4n) is 2.48. The van der Waals surface area contributed by atoms with Crippen molar-refractivity contribution in [3.8, 4) is 11.5 Å². The highest BCUT2D eigenvalue weighted by Gasteiger charge is 2.27. The summed E-state index contributed by atoms with van der Waals surface area (Å²) < 4.78 is 10.3. The third-order valence-corrected chi connectivity index (χ3v) is 3.57. The molecule has 0 aliphatic carbocycles. The Labute approximate surface area is 120 Å². The number of carbonyl (C=O) groups is 1. The van der Waals surface area contributed by atoms with Gasteiger partial charge in [0.05, 0.1) is 17.0 Å². The second-order valence-corrected chi connectivity index (χ2v) is 4.97. The number of amides is 1. The topological polar surface area (TPSA) is 103 Å². The molecule has 0 bridgehead atoms. The van der Waals surface area contributed by atoms with Gasteiger partial charge in [0.2, 0.25) is 12.7 Å². The van der Waals surface area contributed by atoms with Crippen LogP contribution < -0.4 is 20.1 Å². The zero-order chi connectivity index (χ0) is 14.8. The van der Waals surface area contributed by atoms with Crippen molar-refractivity contribution in [3.05, 3.63) is 22.2 Å². The summed E-state index contributed by atoms with van der Waals surface area (Å²) in [4.78, 5) is 22.7. The fourth-order valence-corrected chi connectivity index (χ4v) is 2.48. The van der Waals surface area contributed by atoms with Crippen LogP contribution in [0.1, 0.15) is 19.3 Å². The van der Waals surface area contributed by atoms with Gasteiger partial charge in [-0.2, -0.15) is 0 Å². The lowest BCUT2D eigenvalue weighted by Crippen LogP contribution is -2.43. The number of benzene rings is 1. The molecule has 2 aliphatic rings. The quantitative estimate of drug-likeness (QED) is 0.645. The van der Waals surface area contributed by atoms with Gasteiger partial charge in [0.25, 0.3) is 5.69 Å². The van der Waals surface area contributed by atoms with Crippen LogP contribution in [0.3, 0.4) is 0 Å². The van der Waals surface area contributed by atoms with Crippen molar-refractivity contribution in [2.75, 3.05) is 18.7 Å². The summed E-state index contributed by atoms with van der Waals surface area (Å²) in [5, 5.41) is 16.8. The molecule has 1 saturated heterocycles. The number of nitro groups is 1. The molecule has 0 aromatic heterocycles. The number of carbonyl (C=O) groups excluding carboxylic acids is 1. The van der Waals surface area contributed by atoms with Crippen LogP contribution in [0, 0.1) is 10.1 Å². The lowest BCUT2D eigenvalue weighted by molar-refractivity contribution is -0.384. The minimum absolute atomic E-state index is 0.0219. The molecule has 2 heterocycles. The highest BCUT2D eigenvalue weighted by atomic mass is 16.7. The van der Waals surface area contributed by atoms with Gasteiger partial charge in [-0.15, -0.1) is 0 Å². The molecule has 1 fully saturated rings. The summed E-state index contributed by atoms with van der Waals surface area (Å²) >= 11 is 0. The number of rotatable bonds is 3. The van der Waals surface area contributed by atoms with Crippen LogP contribution >= 0.6 is 0 Å². The van der Waals surface area contributed by atoms with E-state index in [1.165, 1.54) is 12.1 Å². The Morgan fingerprint density at radius 2 is 2.10 bits per heavy atom. The Kier molecular flexibility index (Phi) is 3.61. The van der Waals surface area contributed by atoms with Crippen LogP contribution in [0.5, 0.6) is 11.5 Å². The maximum atomic E-state index is 12.2. The zero-order valence-electron chi connectivity index (χ0n) is 11.3. The van der Waals surface area contributed by atoms with E-state index in [0.29, 0.717) is 11.5 Å². The lowest BCUT2D eigenvalue weighted by atomic mass is 10.0. The van der Waals surface area contributed by atoms with Gasteiger partial charge in [0.15, 0.2) is 11.5 Å². The van der Waals surface area contributed by atoms with Crippen molar-refractivity contribution in [1.82, 2.24) is 5.32 Å². The summed E-state index contributed by atoms with van der Waals surface area (Å²) in [5.41, 5.74) is -0.0787. The van der Waals surface area contributed by atoms with E-state index >= 15 is 0 Å². The largest absolute Gasteiger partial charge is 0.454 e. The number of ether oxygens (including phenoxy) is 2. The first kappa shape index (κ1) is 13.6. The average molecular weight is 293 g/mol. The standard InChI is InChI=1S/C13H15N3O5/c17-13(8-3-1-2-4-14-8)15-9-5-11-12(21-7-20-11)6-10(9)16(18)19/h5-6,8,14H,1-4,7H2,(H,15,17)/t8-/m1/s1. The predicted octanol–water partition coefficient (Wildman–Crippen LogP) is 1.40. The van der Waals surface area contributed by atoms with E-state index in [1.54, 1.807) is 0 Å². The third kappa shape index (κ3) is 2.75. The number of fused-ring (bicyclic) bond motifs is 1. The van der Waals surface area contributed by atoms with Crippen LogP contribution in [0.25, 0.3) is 0 Å². The second kappa shape index (κ2) is 5.57. The lowest BCUT2D eigenvalue weighted by Gasteiger charge is -2.22. The molecule has 8 nitrogen and oxygen atoms in total. The fraction of sp³-hybridized carbons (Fsp3) is 0.462. The molecule has 1 atom stereocenters. The van der Waals surface area contributed by atoms with Gasteiger partial charge in [0, 0.05) is 6.07 Å². The first-order chi connectivity index (χ1) is 10.1. The second-order valence-electron chi connectivity index (χ2n) is 4.97. The first-order valence-corrected chi connectivity index (χ1v) is 6.77. The molecule has 1 amide bonds. The van der Waals surface area contributed by atoms with Crippen LogP contribution in [0.4, 0.5) is 11.4 Å². The number of nitrogens with one attached hydrogen (secondary N) is 2. The zero-order valence-corrected chi connectivity index (χ0v) is 11.3. The average Bonchev–Trinajstić information content (AvgIpc) is 2.94. The molecule has 1 aromatic carbocycles. The van der Waals surface area contributed by atoms with Crippen LogP contribution in [-0.2, 0) is 4.79 Å². The highest BCUT2D eigenvalue weighted by molar-refractivity contribution is 5.97. The van der Waals surface area contributed by atoms with Gasteiger partial charge in [-0.05, 0) is 19.4 Å². The Morgan fingerprint density at radius 1 is 1.33 bits per heavy atom. The molecule has 21 heavy (non-hydrogen) atoms. The van der Waals surface area contributed by atoms with Gasteiger partial charge in [-0.3, -0.25) is 14.9 Å². The molecule has 0 radical (unpaired) electrons. The minimum atomic E-state index is -0.550. The molecule has 0 spiro atoms. The van der Waals surface area contributed by atoms with Crippen LogP contribution in [0.15, 0.2) is 12.1 Å².